The van der Waals surface area contributed by atoms with Crippen LogP contribution in [0.25, 0.3) is 22.4 Å². The topological polar surface area (TPSA) is 110 Å². The molecule has 4 aromatic rings. The number of amides is 1. The van der Waals surface area contributed by atoms with Crippen molar-refractivity contribution in [3.63, 3.8) is 0 Å². The fourth-order valence-corrected chi connectivity index (χ4v) is 7.80. The van der Waals surface area contributed by atoms with Crippen LogP contribution in [0.1, 0.15) is 52.8 Å². The zero-order valence-corrected chi connectivity index (χ0v) is 30.2. The Morgan fingerprint density at radius 1 is 1.00 bits per heavy atom. The highest BCUT2D eigenvalue weighted by molar-refractivity contribution is 6.39. The predicted octanol–water partition coefficient (Wildman–Crippen LogP) is 6.84. The standard InChI is InChI=1S/C38H40Cl2N6O4/c1-22-17-46(18-22)20-32-36(49-3)44-30(16-41-32)27-9-5-7-25(33(27)39)26-8-6-10-28(34(26)40)43-35(47)29-15-23(2)24-11-14-45(19-31(24)42-29)21-38(12-13-38)37(48)50-4/h5-10,15-16,22H,11-14,17-21H2,1-4H3,(H,43,47). The molecule has 2 fully saturated rings. The number of aryl methyl sites for hydroxylation is 1. The maximum absolute atomic E-state index is 13.6. The molecule has 0 atom stereocenters. The van der Waals surface area contributed by atoms with Gasteiger partial charge in [-0.2, -0.15) is 0 Å². The molecular weight excluding hydrogens is 675 g/mol. The molecule has 0 radical (unpaired) electrons. The van der Waals surface area contributed by atoms with E-state index in [2.05, 4.69) is 27.0 Å². The van der Waals surface area contributed by atoms with Crippen molar-refractivity contribution in [1.29, 1.82) is 0 Å². The Labute approximate surface area is 302 Å². The zero-order chi connectivity index (χ0) is 35.2. The molecule has 50 heavy (non-hydrogen) atoms. The number of fused-ring (bicyclic) bond motifs is 1. The van der Waals surface area contributed by atoms with Crippen LogP contribution in [0.3, 0.4) is 0 Å². The summed E-state index contributed by atoms with van der Waals surface area (Å²) in [6.45, 7) is 9.01. The highest BCUT2D eigenvalue weighted by Gasteiger charge is 2.52. The number of nitrogens with one attached hydrogen (secondary N) is 1. The predicted molar refractivity (Wildman–Crippen MR) is 194 cm³/mol. The Bertz CT molecular complexity index is 1980. The largest absolute Gasteiger partial charge is 0.480 e. The summed E-state index contributed by atoms with van der Waals surface area (Å²) in [7, 11) is 3.04. The number of likely N-dealkylation sites (tertiary alicyclic amines) is 1. The van der Waals surface area contributed by atoms with Crippen LogP contribution in [-0.2, 0) is 29.0 Å². The van der Waals surface area contributed by atoms with Crippen LogP contribution in [0, 0.1) is 18.3 Å². The van der Waals surface area contributed by atoms with Gasteiger partial charge in [-0.25, -0.2) is 9.97 Å². The van der Waals surface area contributed by atoms with Crippen molar-refractivity contribution in [3.8, 4) is 28.3 Å². The van der Waals surface area contributed by atoms with E-state index in [4.69, 9.17) is 42.6 Å². The van der Waals surface area contributed by atoms with E-state index < -0.39 is 5.41 Å². The van der Waals surface area contributed by atoms with Crippen molar-refractivity contribution in [3.05, 3.63) is 86.9 Å². The minimum absolute atomic E-state index is 0.150. The molecule has 12 heteroatoms. The van der Waals surface area contributed by atoms with Gasteiger partial charge in [0.1, 0.15) is 11.4 Å². The first-order chi connectivity index (χ1) is 24.1. The Kier molecular flexibility index (Phi) is 9.56. The number of carbonyl (C=O) groups is 2. The number of esters is 1. The summed E-state index contributed by atoms with van der Waals surface area (Å²) in [4.78, 5) is 44.8. The van der Waals surface area contributed by atoms with Gasteiger partial charge in [-0.15, -0.1) is 0 Å². The molecule has 10 nitrogen and oxygen atoms in total. The average molecular weight is 716 g/mol. The monoisotopic (exact) mass is 714 g/mol. The summed E-state index contributed by atoms with van der Waals surface area (Å²) in [5.74, 6) is 0.641. The van der Waals surface area contributed by atoms with Crippen molar-refractivity contribution in [1.82, 2.24) is 24.8 Å². The fraction of sp³-hybridized carbons (Fsp3) is 0.395. The molecule has 1 saturated heterocycles. The Morgan fingerprint density at radius 2 is 1.72 bits per heavy atom. The molecular formula is C38H40Cl2N6O4. The molecule has 260 valence electrons. The quantitative estimate of drug-likeness (QED) is 0.177. The summed E-state index contributed by atoms with van der Waals surface area (Å²) in [5.41, 5.74) is 6.74. The number of nitrogens with zero attached hydrogens (tertiary/aromatic N) is 5. The molecule has 7 rings (SSSR count). The van der Waals surface area contributed by atoms with Crippen molar-refractivity contribution in [2.24, 2.45) is 11.3 Å². The van der Waals surface area contributed by atoms with Gasteiger partial charge >= 0.3 is 5.97 Å². The molecule has 0 spiro atoms. The molecule has 2 aromatic carbocycles. The molecule has 0 unspecified atom stereocenters. The highest BCUT2D eigenvalue weighted by Crippen LogP contribution is 2.48. The summed E-state index contributed by atoms with van der Waals surface area (Å²) in [6.07, 6.45) is 4.20. The molecule has 1 saturated carbocycles. The molecule has 2 aliphatic heterocycles. The lowest BCUT2D eigenvalue weighted by atomic mass is 9.97. The number of hydrogen-bond donors (Lipinski definition) is 1. The number of pyridine rings is 1. The first kappa shape index (κ1) is 34.4. The number of rotatable bonds is 10. The number of halogens is 2. The van der Waals surface area contributed by atoms with Crippen LogP contribution in [0.15, 0.2) is 48.7 Å². The lowest BCUT2D eigenvalue weighted by Gasteiger charge is -2.36. The highest BCUT2D eigenvalue weighted by atomic mass is 35.5. The smallest absolute Gasteiger partial charge is 0.313 e. The minimum atomic E-state index is -0.419. The molecule has 2 aromatic heterocycles. The molecule has 1 amide bonds. The van der Waals surface area contributed by atoms with Crippen LogP contribution in [-0.4, -0.2) is 77.0 Å². The first-order valence-electron chi connectivity index (χ1n) is 16.9. The van der Waals surface area contributed by atoms with Crippen molar-refractivity contribution in [2.45, 2.75) is 46.2 Å². The van der Waals surface area contributed by atoms with Gasteiger partial charge in [0.05, 0.1) is 53.0 Å². The van der Waals surface area contributed by atoms with Gasteiger partial charge in [-0.3, -0.25) is 24.4 Å². The number of aromatic nitrogens is 3. The van der Waals surface area contributed by atoms with Gasteiger partial charge < -0.3 is 14.8 Å². The normalized spacial score (nSPS) is 17.1. The third kappa shape index (κ3) is 6.69. The summed E-state index contributed by atoms with van der Waals surface area (Å²) in [6, 6.07) is 12.9. The Balaban J connectivity index is 1.10. The van der Waals surface area contributed by atoms with E-state index in [1.165, 1.54) is 7.11 Å². The Morgan fingerprint density at radius 3 is 2.42 bits per heavy atom. The maximum Gasteiger partial charge on any atom is 0.313 e. The number of anilines is 1. The minimum Gasteiger partial charge on any atom is -0.480 e. The molecule has 1 N–H and O–H groups in total. The lowest BCUT2D eigenvalue weighted by molar-refractivity contribution is -0.148. The second-order valence-electron chi connectivity index (χ2n) is 13.8. The van der Waals surface area contributed by atoms with E-state index >= 15 is 0 Å². The van der Waals surface area contributed by atoms with Crippen molar-refractivity contribution < 1.29 is 19.1 Å². The summed E-state index contributed by atoms with van der Waals surface area (Å²) >= 11 is 14.0. The molecule has 3 aliphatic rings. The van der Waals surface area contributed by atoms with Gasteiger partial charge in [0, 0.05) is 56.0 Å². The van der Waals surface area contributed by atoms with Gasteiger partial charge in [-0.1, -0.05) is 60.5 Å². The van der Waals surface area contributed by atoms with Crippen LogP contribution < -0.4 is 10.1 Å². The molecule has 1 aliphatic carbocycles. The second-order valence-corrected chi connectivity index (χ2v) is 14.5. The zero-order valence-electron chi connectivity index (χ0n) is 28.7. The van der Waals surface area contributed by atoms with Crippen molar-refractivity contribution in [2.75, 3.05) is 45.7 Å². The van der Waals surface area contributed by atoms with E-state index in [1.807, 2.05) is 43.3 Å². The number of ether oxygens (including phenoxy) is 2. The van der Waals surface area contributed by atoms with Crippen LogP contribution in [0.4, 0.5) is 5.69 Å². The number of benzene rings is 2. The number of carbonyl (C=O) groups excluding carboxylic acids is 2. The molecule has 4 heterocycles. The van der Waals surface area contributed by atoms with Crippen LogP contribution >= 0.6 is 23.2 Å². The Hall–Kier alpha value is -4.09. The van der Waals surface area contributed by atoms with E-state index in [9.17, 15) is 9.59 Å². The summed E-state index contributed by atoms with van der Waals surface area (Å²) < 4.78 is 10.7. The maximum atomic E-state index is 13.6. The SMILES string of the molecule is COC(=O)C1(CN2CCc3c(C)cc(C(=O)Nc4cccc(-c5cccc(-c6cnc(CN7CC(C)C7)c(OC)n6)c5Cl)c4Cl)nc3C2)CC1. The lowest BCUT2D eigenvalue weighted by Crippen LogP contribution is -2.44. The van der Waals surface area contributed by atoms with Gasteiger partial charge in [0.25, 0.3) is 5.91 Å². The van der Waals surface area contributed by atoms with Crippen molar-refractivity contribution >= 4 is 40.8 Å². The average Bonchev–Trinajstić information content (AvgIpc) is 3.88. The summed E-state index contributed by atoms with van der Waals surface area (Å²) in [5, 5.41) is 3.78. The van der Waals surface area contributed by atoms with Crippen LogP contribution in [0.2, 0.25) is 10.0 Å². The van der Waals surface area contributed by atoms with E-state index in [-0.39, 0.29) is 11.9 Å². The van der Waals surface area contributed by atoms with Gasteiger partial charge in [-0.05, 0) is 55.4 Å². The first-order valence-corrected chi connectivity index (χ1v) is 17.7. The fourth-order valence-electron chi connectivity index (χ4n) is 7.20. The van der Waals surface area contributed by atoms with E-state index in [1.54, 1.807) is 19.4 Å². The number of methoxy groups -OCH3 is 2. The van der Waals surface area contributed by atoms with E-state index in [0.29, 0.717) is 75.2 Å². The number of hydrogen-bond acceptors (Lipinski definition) is 9. The van der Waals surface area contributed by atoms with Crippen LogP contribution in [0.5, 0.6) is 5.88 Å². The van der Waals surface area contributed by atoms with E-state index in [0.717, 1.165) is 61.4 Å². The second kappa shape index (κ2) is 13.9. The van der Waals surface area contributed by atoms with Gasteiger partial charge in [0.2, 0.25) is 5.88 Å². The molecule has 0 bridgehead atoms. The third-order valence-electron chi connectivity index (χ3n) is 10.0. The van der Waals surface area contributed by atoms with Gasteiger partial charge in [0.15, 0.2) is 0 Å². The third-order valence-corrected chi connectivity index (χ3v) is 10.9.